The molecule has 0 bridgehead atoms. The van der Waals surface area contributed by atoms with Gasteiger partial charge in [0.1, 0.15) is 5.75 Å². The zero-order valence-corrected chi connectivity index (χ0v) is 22.7. The van der Waals surface area contributed by atoms with E-state index in [1.165, 1.54) is 24.3 Å². The number of nitrogens with one attached hydrogen (secondary N) is 1. The van der Waals surface area contributed by atoms with E-state index in [4.69, 9.17) is 9.84 Å². The number of carbonyl (C=O) groups excluding carboxylic acids is 1. The van der Waals surface area contributed by atoms with Crippen LogP contribution in [0.4, 0.5) is 26.3 Å². The summed E-state index contributed by atoms with van der Waals surface area (Å²) in [4.78, 5) is 22.5. The van der Waals surface area contributed by atoms with Crippen molar-refractivity contribution in [3.8, 4) is 16.9 Å². The molecular formula is C31H31F6NO4. The van der Waals surface area contributed by atoms with E-state index in [0.717, 1.165) is 44.1 Å². The summed E-state index contributed by atoms with van der Waals surface area (Å²) in [5.74, 6) is -0.809. The van der Waals surface area contributed by atoms with Crippen LogP contribution in [0.1, 0.15) is 65.6 Å². The van der Waals surface area contributed by atoms with Gasteiger partial charge in [-0.25, -0.2) is 0 Å². The van der Waals surface area contributed by atoms with Crippen molar-refractivity contribution in [2.75, 3.05) is 13.2 Å². The average Bonchev–Trinajstić information content (AvgIpc) is 2.93. The number of rotatable bonds is 14. The first kappa shape index (κ1) is 32.5. The number of carbonyl (C=O) groups is 2. The second-order valence-electron chi connectivity index (χ2n) is 9.78. The van der Waals surface area contributed by atoms with E-state index in [1.807, 2.05) is 12.1 Å². The van der Waals surface area contributed by atoms with Gasteiger partial charge in [0.05, 0.1) is 24.2 Å². The number of alkyl halides is 6. The minimum Gasteiger partial charge on any atom is -0.494 e. The van der Waals surface area contributed by atoms with Gasteiger partial charge in [-0.15, -0.1) is 0 Å². The molecule has 3 rings (SSSR count). The van der Waals surface area contributed by atoms with Crippen LogP contribution in [-0.4, -0.2) is 30.1 Å². The number of amides is 1. The van der Waals surface area contributed by atoms with E-state index in [-0.39, 0.29) is 36.1 Å². The van der Waals surface area contributed by atoms with Crippen LogP contribution in [0.15, 0.2) is 66.7 Å². The zero-order valence-electron chi connectivity index (χ0n) is 22.7. The molecule has 2 N–H and O–H groups in total. The summed E-state index contributed by atoms with van der Waals surface area (Å²) in [5.41, 5.74) is -1.11. The monoisotopic (exact) mass is 595 g/mol. The lowest BCUT2D eigenvalue weighted by atomic mass is 9.99. The van der Waals surface area contributed by atoms with Crippen molar-refractivity contribution in [3.63, 3.8) is 0 Å². The molecule has 1 amide bonds. The predicted molar refractivity (Wildman–Crippen MR) is 145 cm³/mol. The third-order valence-corrected chi connectivity index (χ3v) is 6.49. The second kappa shape index (κ2) is 14.7. The predicted octanol–water partition coefficient (Wildman–Crippen LogP) is 8.17. The average molecular weight is 596 g/mol. The Kier molecular flexibility index (Phi) is 11.4. The largest absolute Gasteiger partial charge is 0.494 e. The topological polar surface area (TPSA) is 75.6 Å². The van der Waals surface area contributed by atoms with Gasteiger partial charge in [-0.05, 0) is 78.4 Å². The highest BCUT2D eigenvalue weighted by molar-refractivity contribution is 5.94. The van der Waals surface area contributed by atoms with E-state index in [1.54, 1.807) is 12.1 Å². The van der Waals surface area contributed by atoms with Crippen LogP contribution in [0, 0.1) is 0 Å². The molecule has 42 heavy (non-hydrogen) atoms. The number of hydrogen-bond acceptors (Lipinski definition) is 3. The van der Waals surface area contributed by atoms with Gasteiger partial charge in [-0.1, -0.05) is 43.5 Å². The lowest BCUT2D eigenvalue weighted by Gasteiger charge is -2.14. The van der Waals surface area contributed by atoms with Crippen molar-refractivity contribution in [2.24, 2.45) is 0 Å². The smallest absolute Gasteiger partial charge is 0.416 e. The first-order chi connectivity index (χ1) is 19.8. The van der Waals surface area contributed by atoms with Gasteiger partial charge in [0.2, 0.25) is 0 Å². The van der Waals surface area contributed by atoms with Crippen molar-refractivity contribution < 1.29 is 45.8 Å². The summed E-state index contributed by atoms with van der Waals surface area (Å²) in [6.07, 6.45) is -4.40. The Balaban J connectivity index is 1.36. The fourth-order valence-corrected chi connectivity index (χ4v) is 4.22. The maximum atomic E-state index is 13.1. The summed E-state index contributed by atoms with van der Waals surface area (Å²) in [6.45, 7) is 0.503. The molecule has 0 aliphatic carbocycles. The van der Waals surface area contributed by atoms with Crippen LogP contribution in [-0.2, 0) is 23.6 Å². The Labute approximate surface area is 239 Å². The molecule has 0 unspecified atom stereocenters. The van der Waals surface area contributed by atoms with Crippen molar-refractivity contribution in [2.45, 2.75) is 57.3 Å². The first-order valence-electron chi connectivity index (χ1n) is 13.4. The highest BCUT2D eigenvalue weighted by atomic mass is 19.4. The molecule has 0 saturated carbocycles. The van der Waals surface area contributed by atoms with E-state index in [2.05, 4.69) is 5.32 Å². The fourth-order valence-electron chi connectivity index (χ4n) is 4.22. The number of halogens is 6. The number of unbranched alkanes of at least 4 members (excludes halogenated alkanes) is 4. The van der Waals surface area contributed by atoms with Gasteiger partial charge in [-0.2, -0.15) is 26.3 Å². The van der Waals surface area contributed by atoms with Gasteiger partial charge in [0.25, 0.3) is 5.91 Å². The number of ether oxygens (including phenoxy) is 1. The van der Waals surface area contributed by atoms with Crippen LogP contribution in [0.5, 0.6) is 5.75 Å². The molecule has 0 saturated heterocycles. The van der Waals surface area contributed by atoms with Crippen LogP contribution in [0.2, 0.25) is 0 Å². The van der Waals surface area contributed by atoms with Gasteiger partial charge in [-0.3, -0.25) is 9.59 Å². The molecule has 226 valence electrons. The quantitative estimate of drug-likeness (QED) is 0.146. The number of benzene rings is 3. The normalized spacial score (nSPS) is 11.8. The summed E-state index contributed by atoms with van der Waals surface area (Å²) < 4.78 is 84.5. The molecule has 0 spiro atoms. The fraction of sp³-hybridized carbons (Fsp3) is 0.355. The van der Waals surface area contributed by atoms with Crippen molar-refractivity contribution >= 4 is 11.9 Å². The van der Waals surface area contributed by atoms with Gasteiger partial charge >= 0.3 is 18.3 Å². The summed E-state index contributed by atoms with van der Waals surface area (Å²) in [6, 6.07) is 14.6. The maximum absolute atomic E-state index is 13.1. The Morgan fingerprint density at radius 1 is 0.714 bits per heavy atom. The molecule has 3 aromatic rings. The minimum atomic E-state index is -4.91. The van der Waals surface area contributed by atoms with Crippen molar-refractivity contribution in [1.29, 1.82) is 0 Å². The van der Waals surface area contributed by atoms with E-state index in [0.29, 0.717) is 30.1 Å². The Morgan fingerprint density at radius 2 is 1.29 bits per heavy atom. The molecule has 0 aliphatic heterocycles. The third-order valence-electron chi connectivity index (χ3n) is 6.49. The molecule has 0 heterocycles. The SMILES string of the molecule is O=C(O)CCNC(=O)c1ccc(CCCCCCCOc2ccc(-c3cc(C(F)(F)F)cc(C(F)(F)F)c3)cc2)cc1. The highest BCUT2D eigenvalue weighted by Crippen LogP contribution is 2.38. The third kappa shape index (κ3) is 10.4. The Hall–Kier alpha value is -4.02. The number of aryl methyl sites for hydroxylation is 1. The number of aliphatic carboxylic acids is 1. The lowest BCUT2D eigenvalue weighted by molar-refractivity contribution is -0.143. The van der Waals surface area contributed by atoms with E-state index in [9.17, 15) is 35.9 Å². The number of carboxylic acids is 1. The van der Waals surface area contributed by atoms with Gasteiger partial charge in [0.15, 0.2) is 0 Å². The van der Waals surface area contributed by atoms with Crippen LogP contribution < -0.4 is 10.1 Å². The van der Waals surface area contributed by atoms with Crippen LogP contribution >= 0.6 is 0 Å². The van der Waals surface area contributed by atoms with Gasteiger partial charge in [0, 0.05) is 12.1 Å². The molecule has 0 atom stereocenters. The maximum Gasteiger partial charge on any atom is 0.416 e. The van der Waals surface area contributed by atoms with Crippen LogP contribution in [0.25, 0.3) is 11.1 Å². The van der Waals surface area contributed by atoms with E-state index >= 15 is 0 Å². The van der Waals surface area contributed by atoms with Crippen molar-refractivity contribution in [1.82, 2.24) is 5.32 Å². The van der Waals surface area contributed by atoms with Crippen molar-refractivity contribution in [3.05, 3.63) is 89.0 Å². The van der Waals surface area contributed by atoms with Crippen LogP contribution in [0.3, 0.4) is 0 Å². The standard InChI is InChI=1S/C31H31F6NO4/c32-30(33,34)25-18-24(19-26(20-25)31(35,36)37)22-11-13-27(14-12-22)42-17-5-3-1-2-4-6-21-7-9-23(10-8-21)29(41)38-16-15-28(39)40/h7-14,18-20H,1-6,15-17H2,(H,38,41)(H,39,40). The Morgan fingerprint density at radius 3 is 1.86 bits per heavy atom. The molecule has 5 nitrogen and oxygen atoms in total. The molecule has 3 aromatic carbocycles. The lowest BCUT2D eigenvalue weighted by Crippen LogP contribution is -2.25. The molecule has 0 aliphatic rings. The molecule has 11 heteroatoms. The summed E-state index contributed by atoms with van der Waals surface area (Å²) >= 11 is 0. The van der Waals surface area contributed by atoms with Gasteiger partial charge < -0.3 is 15.2 Å². The minimum absolute atomic E-state index is 0.0750. The zero-order chi connectivity index (χ0) is 30.8. The highest BCUT2D eigenvalue weighted by Gasteiger charge is 2.37. The number of hydrogen-bond donors (Lipinski definition) is 2. The molecule has 0 fully saturated rings. The Bertz CT molecular complexity index is 1290. The molecule has 0 radical (unpaired) electrons. The summed E-state index contributed by atoms with van der Waals surface area (Å²) in [7, 11) is 0. The summed E-state index contributed by atoms with van der Waals surface area (Å²) in [5, 5.41) is 11.2. The molecule has 0 aromatic heterocycles. The van der Waals surface area contributed by atoms with E-state index < -0.39 is 29.4 Å². The first-order valence-corrected chi connectivity index (χ1v) is 13.4. The second-order valence-corrected chi connectivity index (χ2v) is 9.78. The number of carboxylic acid groups (broad SMARTS) is 1. The molecular weight excluding hydrogens is 564 g/mol.